The number of nitrogens with two attached hydrogens (primary N) is 1. The van der Waals surface area contributed by atoms with E-state index in [1.54, 1.807) is 64.1 Å². The molecule has 0 spiro atoms. The number of alkyl halides is 5. The number of hydrogen-bond donors (Lipinski definition) is 1. The Morgan fingerprint density at radius 2 is 1.49 bits per heavy atom. The fourth-order valence-electron chi connectivity index (χ4n) is 4.70. The van der Waals surface area contributed by atoms with Crippen molar-refractivity contribution in [3.63, 3.8) is 0 Å². The molecule has 0 amide bonds. The molecule has 43 heavy (non-hydrogen) atoms. The summed E-state index contributed by atoms with van der Waals surface area (Å²) in [5, 5.41) is 5.21. The van der Waals surface area contributed by atoms with Gasteiger partial charge in [-0.15, -0.1) is 0 Å². The maximum Gasteiger partial charge on any atom is 0.435 e. The van der Waals surface area contributed by atoms with Crippen molar-refractivity contribution < 1.29 is 35.1 Å². The van der Waals surface area contributed by atoms with Gasteiger partial charge in [0.1, 0.15) is 11.6 Å². The molecule has 3 aromatic carbocycles. The molecule has 0 fully saturated rings. The molecule has 0 saturated heterocycles. The Bertz CT molecular complexity index is 1590. The molecule has 2 N–H and O–H groups in total. The van der Waals surface area contributed by atoms with Crippen LogP contribution in [-0.2, 0) is 42.4 Å². The van der Waals surface area contributed by atoms with E-state index < -0.39 is 28.5 Å². The molecule has 0 atom stereocenters. The normalized spacial score (nSPS) is 12.3. The van der Waals surface area contributed by atoms with Gasteiger partial charge in [-0.1, -0.05) is 67.9 Å². The summed E-state index contributed by atoms with van der Waals surface area (Å²) >= 11 is 0. The van der Waals surface area contributed by atoms with E-state index in [-0.39, 0.29) is 41.8 Å². The monoisotopic (exact) mass is 622 g/mol. The van der Waals surface area contributed by atoms with Crippen molar-refractivity contribution in [2.24, 2.45) is 5.14 Å². The Morgan fingerprint density at radius 1 is 0.907 bits per heavy atom. The molecular formula is C30H31F5N4O3S. The number of sulfonamides is 1. The number of unbranched alkanes of at least 4 members (excludes halogenated alkanes) is 1. The van der Waals surface area contributed by atoms with Gasteiger partial charge >= 0.3 is 12.8 Å². The lowest BCUT2D eigenvalue weighted by Crippen LogP contribution is -2.26. The van der Waals surface area contributed by atoms with Crippen LogP contribution in [0.1, 0.15) is 42.3 Å². The average Bonchev–Trinajstić information content (AvgIpc) is 3.31. The summed E-state index contributed by atoms with van der Waals surface area (Å²) < 4.78 is 98.0. The zero-order chi connectivity index (χ0) is 31.2. The number of aromatic nitrogens is 2. The summed E-state index contributed by atoms with van der Waals surface area (Å²) in [6.07, 6.45) is -3.35. The standard InChI is InChI=1S/C30H31F5N4O3S/c1-2-3-17-39-26(27(30(33,34)35)37-28(39)23-7-5-4-6-8-23)20-38(18-21-9-13-24(14-10-21)42-29(31)32)19-22-11-15-25(16-12-22)43(36,40)41/h4-16,29H,2-3,17-20H2,1H3,(H2,36,40,41). The topological polar surface area (TPSA) is 90.4 Å². The highest BCUT2D eigenvalue weighted by atomic mass is 32.2. The minimum Gasteiger partial charge on any atom is -0.435 e. The maximum atomic E-state index is 14.5. The lowest BCUT2D eigenvalue weighted by Gasteiger charge is -2.25. The summed E-state index contributed by atoms with van der Waals surface area (Å²) in [5.74, 6) is 0.163. The summed E-state index contributed by atoms with van der Waals surface area (Å²) in [5.41, 5.74) is 0.812. The molecular weight excluding hydrogens is 591 g/mol. The van der Waals surface area contributed by atoms with Crippen molar-refractivity contribution in [2.75, 3.05) is 0 Å². The first-order valence-electron chi connectivity index (χ1n) is 13.4. The summed E-state index contributed by atoms with van der Waals surface area (Å²) in [4.78, 5) is 5.75. The fourth-order valence-corrected chi connectivity index (χ4v) is 5.21. The summed E-state index contributed by atoms with van der Waals surface area (Å²) in [6, 6.07) is 20.3. The molecule has 13 heteroatoms. The van der Waals surface area contributed by atoms with Crippen LogP contribution in [0.5, 0.6) is 5.75 Å². The van der Waals surface area contributed by atoms with Gasteiger partial charge in [-0.2, -0.15) is 22.0 Å². The van der Waals surface area contributed by atoms with E-state index in [1.165, 1.54) is 24.3 Å². The lowest BCUT2D eigenvalue weighted by molar-refractivity contribution is -0.141. The molecule has 0 aliphatic carbocycles. The van der Waals surface area contributed by atoms with Crippen molar-refractivity contribution in [1.29, 1.82) is 0 Å². The SMILES string of the molecule is CCCCn1c(-c2ccccc2)nc(C(F)(F)F)c1CN(Cc1ccc(OC(F)F)cc1)Cc1ccc(S(N)(=O)=O)cc1. The highest BCUT2D eigenvalue weighted by Gasteiger charge is 2.39. The number of nitrogens with zero attached hydrogens (tertiary/aromatic N) is 3. The number of primary sulfonamides is 1. The van der Waals surface area contributed by atoms with E-state index in [2.05, 4.69) is 9.72 Å². The van der Waals surface area contributed by atoms with Crippen LogP contribution >= 0.6 is 0 Å². The van der Waals surface area contributed by atoms with Crippen molar-refractivity contribution in [2.45, 2.75) is 63.6 Å². The van der Waals surface area contributed by atoms with Gasteiger partial charge in [-0.05, 0) is 41.8 Å². The van der Waals surface area contributed by atoms with Crippen molar-refractivity contribution in [1.82, 2.24) is 14.5 Å². The highest BCUT2D eigenvalue weighted by molar-refractivity contribution is 7.89. The molecule has 0 bridgehead atoms. The fraction of sp³-hybridized carbons (Fsp3) is 0.300. The summed E-state index contributed by atoms with van der Waals surface area (Å²) in [6.45, 7) is -0.617. The highest BCUT2D eigenvalue weighted by Crippen LogP contribution is 2.36. The Morgan fingerprint density at radius 3 is 2.00 bits per heavy atom. The van der Waals surface area contributed by atoms with Crippen molar-refractivity contribution >= 4 is 10.0 Å². The van der Waals surface area contributed by atoms with Gasteiger partial charge in [-0.25, -0.2) is 18.5 Å². The van der Waals surface area contributed by atoms with Gasteiger partial charge in [0.2, 0.25) is 10.0 Å². The molecule has 4 aromatic rings. The van der Waals surface area contributed by atoms with E-state index in [1.807, 2.05) is 6.92 Å². The third kappa shape index (κ3) is 8.62. The third-order valence-electron chi connectivity index (χ3n) is 6.69. The van der Waals surface area contributed by atoms with Gasteiger partial charge < -0.3 is 9.30 Å². The largest absolute Gasteiger partial charge is 0.435 e. The molecule has 1 heterocycles. The minimum absolute atomic E-state index is 0.0152. The van der Waals surface area contributed by atoms with Crippen LogP contribution < -0.4 is 9.88 Å². The van der Waals surface area contributed by atoms with Crippen molar-refractivity contribution in [3.8, 4) is 17.1 Å². The first kappa shape index (κ1) is 32.1. The molecule has 4 rings (SSSR count). The minimum atomic E-state index is -4.73. The van der Waals surface area contributed by atoms with Gasteiger partial charge in [0.05, 0.1) is 10.6 Å². The van der Waals surface area contributed by atoms with Crippen molar-refractivity contribution in [3.05, 3.63) is 101 Å². The van der Waals surface area contributed by atoms with Crippen LogP contribution in [0.2, 0.25) is 0 Å². The molecule has 0 aliphatic rings. The molecule has 0 aliphatic heterocycles. The number of halogens is 5. The Hall–Kier alpha value is -3.81. The van der Waals surface area contributed by atoms with Crippen LogP contribution in [0.3, 0.4) is 0 Å². The Balaban J connectivity index is 1.76. The molecule has 7 nitrogen and oxygen atoms in total. The predicted molar refractivity (Wildman–Crippen MR) is 151 cm³/mol. The number of benzene rings is 3. The number of imidazole rings is 1. The maximum absolute atomic E-state index is 14.5. The van der Waals surface area contributed by atoms with Gasteiger partial charge in [-0.3, -0.25) is 4.90 Å². The second-order valence-corrected chi connectivity index (χ2v) is 11.5. The first-order valence-corrected chi connectivity index (χ1v) is 15.0. The van der Waals surface area contributed by atoms with Crippen LogP contribution in [0.15, 0.2) is 83.8 Å². The van der Waals surface area contributed by atoms with Gasteiger partial charge in [0.15, 0.2) is 5.69 Å². The second kappa shape index (κ2) is 13.7. The van der Waals surface area contributed by atoms with Gasteiger partial charge in [0, 0.05) is 31.7 Å². The average molecular weight is 623 g/mol. The van der Waals surface area contributed by atoms with E-state index in [4.69, 9.17) is 5.14 Å². The Kier molecular flexibility index (Phi) is 10.2. The second-order valence-electron chi connectivity index (χ2n) is 9.96. The van der Waals surface area contributed by atoms with Crippen LogP contribution in [-0.4, -0.2) is 29.5 Å². The zero-order valence-electron chi connectivity index (χ0n) is 23.3. The van der Waals surface area contributed by atoms with Crippen LogP contribution in [0, 0.1) is 0 Å². The number of hydrogen-bond acceptors (Lipinski definition) is 5. The van der Waals surface area contributed by atoms with Crippen LogP contribution in [0.4, 0.5) is 22.0 Å². The van der Waals surface area contributed by atoms with Crippen LogP contribution in [0.25, 0.3) is 11.4 Å². The lowest BCUT2D eigenvalue weighted by atomic mass is 10.1. The zero-order valence-corrected chi connectivity index (χ0v) is 24.1. The molecule has 1 aromatic heterocycles. The molecule has 230 valence electrons. The number of ether oxygens (including phenoxy) is 1. The summed E-state index contributed by atoms with van der Waals surface area (Å²) in [7, 11) is -3.93. The quantitative estimate of drug-likeness (QED) is 0.165. The first-order chi connectivity index (χ1) is 20.3. The van der Waals surface area contributed by atoms with E-state index in [0.29, 0.717) is 29.7 Å². The van der Waals surface area contributed by atoms with E-state index in [9.17, 15) is 30.4 Å². The third-order valence-corrected chi connectivity index (χ3v) is 7.62. The molecule has 0 unspecified atom stereocenters. The Labute approximate surface area is 246 Å². The smallest absolute Gasteiger partial charge is 0.435 e. The van der Waals surface area contributed by atoms with E-state index in [0.717, 1.165) is 6.42 Å². The molecule has 0 saturated carbocycles. The van der Waals surface area contributed by atoms with E-state index >= 15 is 0 Å². The molecule has 0 radical (unpaired) electrons. The predicted octanol–water partition coefficient (Wildman–Crippen LogP) is 6.82. The number of rotatable bonds is 13. The van der Waals surface area contributed by atoms with Gasteiger partial charge in [0.25, 0.3) is 0 Å².